The minimum atomic E-state index is 1.09. The van der Waals surface area contributed by atoms with E-state index in [0.717, 1.165) is 25.7 Å². The van der Waals surface area contributed by atoms with Crippen molar-refractivity contribution in [3.8, 4) is 0 Å². The normalized spacial score (nSPS) is 12.3. The number of para-hydroxylation sites is 2. The molecule has 0 radical (unpaired) electrons. The molecule has 344 valence electrons. The van der Waals surface area contributed by atoms with E-state index in [1.54, 1.807) is 53.0 Å². The second kappa shape index (κ2) is 32.6. The number of aryl methyl sites for hydroxylation is 5. The average Bonchev–Trinajstić information content (AvgIpc) is 4.20. The summed E-state index contributed by atoms with van der Waals surface area (Å²) in [5.74, 6) is 0. The van der Waals surface area contributed by atoms with Gasteiger partial charge >= 0.3 is 0 Å². The van der Waals surface area contributed by atoms with Crippen molar-refractivity contribution >= 4 is 36.2 Å². The number of pyridine rings is 1. The van der Waals surface area contributed by atoms with E-state index < -0.39 is 0 Å². The van der Waals surface area contributed by atoms with Gasteiger partial charge < -0.3 is 0 Å². The van der Waals surface area contributed by atoms with E-state index in [1.807, 2.05) is 137 Å². The van der Waals surface area contributed by atoms with Gasteiger partial charge in [-0.1, -0.05) is 62.1 Å². The van der Waals surface area contributed by atoms with Crippen molar-refractivity contribution in [2.75, 3.05) is 28.2 Å². The highest BCUT2D eigenvalue weighted by Gasteiger charge is 2.16. The van der Waals surface area contributed by atoms with Crippen molar-refractivity contribution in [3.63, 3.8) is 0 Å². The Morgan fingerprint density at radius 2 is 0.881 bits per heavy atom. The molecule has 14 nitrogen and oxygen atoms in total. The Hall–Kier alpha value is -8.00. The van der Waals surface area contributed by atoms with Crippen LogP contribution in [-0.4, -0.2) is 96.4 Å². The third kappa shape index (κ3) is 24.6. The molecule has 4 aliphatic heterocycles. The Morgan fingerprint density at radius 1 is 0.388 bits per heavy atom. The number of benzene rings is 2. The second-order valence-electron chi connectivity index (χ2n) is 15.2. The van der Waals surface area contributed by atoms with Crippen molar-refractivity contribution in [1.82, 2.24) is 25.0 Å². The molecule has 0 amide bonds. The predicted molar refractivity (Wildman–Crippen MR) is 263 cm³/mol. The molecule has 4 aliphatic rings. The third-order valence-corrected chi connectivity index (χ3v) is 9.41. The molecule has 0 saturated heterocycles. The Labute approximate surface area is 398 Å². The molecule has 0 atom stereocenters. The lowest BCUT2D eigenvalue weighted by Gasteiger charge is -1.91. The summed E-state index contributed by atoms with van der Waals surface area (Å²) >= 11 is 0. The maximum absolute atomic E-state index is 3.90. The fraction of sp³-hybridized carbons (Fsp3) is 0.245. The molecule has 0 aliphatic carbocycles. The molecular formula is C53H71N14+9. The molecule has 7 aromatic rings. The summed E-state index contributed by atoms with van der Waals surface area (Å²) < 4.78 is 17.8. The zero-order valence-electron chi connectivity index (χ0n) is 40.9. The van der Waals surface area contributed by atoms with E-state index in [-0.39, 0.29) is 0 Å². The fourth-order valence-corrected chi connectivity index (χ4v) is 5.77. The Kier molecular flexibility index (Phi) is 26.0. The fourth-order valence-electron chi connectivity index (χ4n) is 5.77. The monoisotopic (exact) mass is 904 g/mol. The van der Waals surface area contributed by atoms with Gasteiger partial charge in [0.2, 0.25) is 24.0 Å². The summed E-state index contributed by atoms with van der Waals surface area (Å²) in [6.07, 6.45) is 46.6. The number of rotatable bonds is 0. The van der Waals surface area contributed by atoms with Crippen LogP contribution < -0.4 is 23.0 Å². The number of allylic oxidation sites excluding steroid dienone is 2. The molecule has 0 bridgehead atoms. The van der Waals surface area contributed by atoms with Crippen molar-refractivity contribution in [2.45, 2.75) is 25.7 Å². The van der Waals surface area contributed by atoms with Gasteiger partial charge in [-0.3, -0.25) is 4.98 Å². The van der Waals surface area contributed by atoms with Crippen LogP contribution in [0.1, 0.15) is 24.0 Å². The van der Waals surface area contributed by atoms with Crippen LogP contribution in [-0.2, 0) is 48.1 Å². The summed E-state index contributed by atoms with van der Waals surface area (Å²) in [7, 11) is 17.9. The van der Waals surface area contributed by atoms with E-state index in [1.165, 1.54) is 28.8 Å². The van der Waals surface area contributed by atoms with Crippen molar-refractivity contribution in [2.24, 2.45) is 35.2 Å². The van der Waals surface area contributed by atoms with Crippen LogP contribution in [0.5, 0.6) is 0 Å². The highest BCUT2D eigenvalue weighted by Crippen LogP contribution is 2.21. The van der Waals surface area contributed by atoms with Crippen molar-refractivity contribution < 1.29 is 41.3 Å². The molecule has 5 aromatic heterocycles. The van der Waals surface area contributed by atoms with E-state index in [4.69, 9.17) is 0 Å². The third-order valence-electron chi connectivity index (χ3n) is 9.41. The molecule has 67 heavy (non-hydrogen) atoms. The summed E-state index contributed by atoms with van der Waals surface area (Å²) in [5, 5.41) is 3.90. The zero-order chi connectivity index (χ0) is 48.3. The largest absolute Gasteiger partial charge is 0.285 e. The number of nitrogens with zero attached hydrogens (tertiary/aromatic N) is 14. The lowest BCUT2D eigenvalue weighted by molar-refractivity contribution is -0.730. The molecule has 0 spiro atoms. The SMILES string of the molecule is C[N+]1=CCC=C1.C[N+]1=CCC=C1.C[N+]1=CCc2ccccc21.C[N+]1=CCc2ccccc21.C[n+]1ccccc1.C[n+]1ccccn1.C[n+]1cccnc1.C[n+]1ccncc1.C[n+]1cncnc1. The minimum absolute atomic E-state index is 1.09. The van der Waals surface area contributed by atoms with Crippen LogP contribution in [0.2, 0.25) is 0 Å². The van der Waals surface area contributed by atoms with E-state index in [2.05, 4.69) is 155 Å². The smallest absolute Gasteiger partial charge is 0.252 e. The first-order valence-corrected chi connectivity index (χ1v) is 22.0. The van der Waals surface area contributed by atoms with Crippen LogP contribution in [0.4, 0.5) is 11.4 Å². The van der Waals surface area contributed by atoms with Crippen molar-refractivity contribution in [1.29, 1.82) is 0 Å². The van der Waals surface area contributed by atoms with Crippen LogP contribution in [0.25, 0.3) is 0 Å². The highest BCUT2D eigenvalue weighted by molar-refractivity contribution is 5.67. The maximum Gasteiger partial charge on any atom is 0.285 e. The van der Waals surface area contributed by atoms with Gasteiger partial charge in [0.25, 0.3) is 12.7 Å². The number of hydrogen-bond acceptors (Lipinski definition) is 5. The van der Waals surface area contributed by atoms with E-state index in [9.17, 15) is 0 Å². The van der Waals surface area contributed by atoms with Crippen LogP contribution in [0, 0.1) is 0 Å². The van der Waals surface area contributed by atoms with Gasteiger partial charge in [-0.05, 0) is 23.3 Å². The Bertz CT molecular complexity index is 2280. The molecular weight excluding hydrogens is 833 g/mol. The first kappa shape index (κ1) is 53.3. The Morgan fingerprint density at radius 3 is 1.16 bits per heavy atom. The molecule has 9 heterocycles. The first-order chi connectivity index (χ1) is 32.5. The van der Waals surface area contributed by atoms with E-state index >= 15 is 0 Å². The number of aromatic nitrogens is 10. The van der Waals surface area contributed by atoms with Crippen LogP contribution in [0.15, 0.2) is 197 Å². The van der Waals surface area contributed by atoms with Gasteiger partial charge in [0.1, 0.15) is 73.3 Å². The summed E-state index contributed by atoms with van der Waals surface area (Å²) in [6.45, 7) is 0. The number of fused-ring (bicyclic) bond motifs is 2. The average molecular weight is 904 g/mol. The molecule has 0 fully saturated rings. The van der Waals surface area contributed by atoms with Gasteiger partial charge in [-0.25, -0.2) is 36.6 Å². The van der Waals surface area contributed by atoms with Gasteiger partial charge in [-0.2, -0.15) is 0 Å². The topological polar surface area (TPSA) is 95.9 Å². The van der Waals surface area contributed by atoms with Gasteiger partial charge in [0, 0.05) is 60.4 Å². The minimum Gasteiger partial charge on any atom is -0.252 e. The predicted octanol–water partition coefficient (Wildman–Crippen LogP) is 3.94. The number of hydrogen-bond donors (Lipinski definition) is 0. The highest BCUT2D eigenvalue weighted by atomic mass is 15.2. The quantitative estimate of drug-likeness (QED) is 0.215. The molecule has 0 unspecified atom stereocenters. The maximum atomic E-state index is 3.90. The second-order valence-corrected chi connectivity index (χ2v) is 15.2. The van der Waals surface area contributed by atoms with Gasteiger partial charge in [0.05, 0.1) is 51.7 Å². The van der Waals surface area contributed by atoms with Crippen LogP contribution >= 0.6 is 0 Å². The molecule has 2 aromatic carbocycles. The molecule has 0 saturated carbocycles. The van der Waals surface area contributed by atoms with Crippen molar-refractivity contribution in [3.05, 3.63) is 208 Å². The van der Waals surface area contributed by atoms with Gasteiger partial charge in [0.15, 0.2) is 50.4 Å². The molecule has 11 rings (SSSR count). The van der Waals surface area contributed by atoms with E-state index in [0.29, 0.717) is 0 Å². The Balaban J connectivity index is 0.000000201. The standard InChI is InChI=1S/2C9H10N.C6H8N.3C5H7N2.2C5H8N.C4H6N3/c2*1-10-7-6-8-4-2-3-5-9(8)10;1-7-5-3-2-4-6-7;1-7-4-2-6-3-5-7;1-7-4-2-3-6-5-7;1-7-5-3-2-4-6-7;2*1-6-4-2-3-5-6;1-7-3-5-2-6-4-7/h2*2-5,7H,6H2,1H3;2-6H,1H3;3*2-5H,1H3;2*2,4-5H,3H2,1H3;2-4H,1H3/q9*+1. The molecule has 14 heteroatoms. The zero-order valence-corrected chi connectivity index (χ0v) is 40.9. The first-order valence-electron chi connectivity index (χ1n) is 22.0. The van der Waals surface area contributed by atoms with Crippen LogP contribution in [0.3, 0.4) is 0 Å². The summed E-state index contributed by atoms with van der Waals surface area (Å²) in [6, 6.07) is 28.7. The molecule has 0 N–H and O–H groups in total. The lowest BCUT2D eigenvalue weighted by atomic mass is 10.2. The summed E-state index contributed by atoms with van der Waals surface area (Å²) in [4.78, 5) is 15.1. The lowest BCUT2D eigenvalue weighted by Crippen LogP contribution is -2.30. The van der Waals surface area contributed by atoms with Gasteiger partial charge in [-0.15, -0.1) is 0 Å². The summed E-state index contributed by atoms with van der Waals surface area (Å²) in [5.41, 5.74) is 5.57.